The molecule has 1 fully saturated rings. The molecule has 0 radical (unpaired) electrons. The lowest BCUT2D eigenvalue weighted by Crippen LogP contribution is -2.22. The van der Waals surface area contributed by atoms with Gasteiger partial charge in [0.25, 0.3) is 0 Å². The Bertz CT molecular complexity index is 219. The number of nitrogens with two attached hydrogens (primary N) is 1. The Morgan fingerprint density at radius 1 is 1.33 bits per heavy atom. The van der Waals surface area contributed by atoms with Crippen molar-refractivity contribution in [1.29, 1.82) is 0 Å². The summed E-state index contributed by atoms with van der Waals surface area (Å²) in [5.74, 6) is -0.0660. The zero-order valence-electron chi connectivity index (χ0n) is 7.03. The van der Waals surface area contributed by atoms with E-state index in [-0.39, 0.29) is 18.5 Å². The molecule has 0 amide bonds. The fourth-order valence-electron chi connectivity index (χ4n) is 1.39. The van der Waals surface area contributed by atoms with Crippen molar-refractivity contribution < 1.29 is 13.2 Å². The molecule has 0 heterocycles. The molecule has 4 nitrogen and oxygen atoms in total. The number of hydrogen-bond donors (Lipinski definition) is 1. The molecule has 0 unspecified atom stereocenters. The van der Waals surface area contributed by atoms with E-state index in [0.29, 0.717) is 0 Å². The molecule has 0 aromatic rings. The van der Waals surface area contributed by atoms with E-state index >= 15 is 0 Å². The van der Waals surface area contributed by atoms with Gasteiger partial charge in [-0.1, -0.05) is 12.8 Å². The van der Waals surface area contributed by atoms with Crippen LogP contribution >= 0.6 is 0 Å². The molecule has 5 heteroatoms. The average molecular weight is 193 g/mol. The molecule has 0 aromatic heterocycles. The van der Waals surface area contributed by atoms with Crippen LogP contribution in [0, 0.1) is 0 Å². The minimum atomic E-state index is -3.34. The first kappa shape index (κ1) is 9.95. The van der Waals surface area contributed by atoms with Crippen molar-refractivity contribution in [3.05, 3.63) is 0 Å². The summed E-state index contributed by atoms with van der Waals surface area (Å²) in [5.41, 5.74) is 0. The maximum atomic E-state index is 10.5. The van der Waals surface area contributed by atoms with E-state index in [9.17, 15) is 8.42 Å². The highest BCUT2D eigenvalue weighted by Gasteiger charge is 2.15. The molecule has 2 N–H and O–H groups in total. The third kappa shape index (κ3) is 4.04. The lowest BCUT2D eigenvalue weighted by Gasteiger charge is -2.09. The van der Waals surface area contributed by atoms with Crippen LogP contribution in [-0.2, 0) is 14.8 Å². The fourth-order valence-corrected chi connectivity index (χ4v) is 1.71. The van der Waals surface area contributed by atoms with Crippen molar-refractivity contribution in [1.82, 2.24) is 0 Å². The number of hydrogen-bond acceptors (Lipinski definition) is 3. The second-order valence-corrected chi connectivity index (χ2v) is 4.88. The molecule has 0 saturated heterocycles. The Balaban J connectivity index is 2.09. The van der Waals surface area contributed by atoms with E-state index in [2.05, 4.69) is 0 Å². The molecule has 72 valence electrons. The molecule has 1 rings (SSSR count). The first-order valence-corrected chi connectivity index (χ1v) is 5.91. The monoisotopic (exact) mass is 193 g/mol. The van der Waals surface area contributed by atoms with Crippen LogP contribution in [0.1, 0.15) is 25.7 Å². The second kappa shape index (κ2) is 4.20. The van der Waals surface area contributed by atoms with Crippen LogP contribution < -0.4 is 5.14 Å². The third-order valence-electron chi connectivity index (χ3n) is 2.02. The van der Waals surface area contributed by atoms with Crippen molar-refractivity contribution in [2.75, 3.05) is 12.4 Å². The molecule has 0 spiro atoms. The van der Waals surface area contributed by atoms with Crippen molar-refractivity contribution in [2.24, 2.45) is 5.14 Å². The number of rotatable bonds is 4. The van der Waals surface area contributed by atoms with Gasteiger partial charge in [-0.25, -0.2) is 13.6 Å². The Morgan fingerprint density at radius 2 is 1.92 bits per heavy atom. The van der Waals surface area contributed by atoms with Crippen LogP contribution in [0.2, 0.25) is 0 Å². The SMILES string of the molecule is NS(=O)(=O)CCOC1CCCC1. The van der Waals surface area contributed by atoms with Crippen molar-refractivity contribution in [3.63, 3.8) is 0 Å². The highest BCUT2D eigenvalue weighted by molar-refractivity contribution is 7.89. The molecule has 0 aromatic carbocycles. The lowest BCUT2D eigenvalue weighted by atomic mass is 10.3. The van der Waals surface area contributed by atoms with Gasteiger partial charge in [0, 0.05) is 0 Å². The lowest BCUT2D eigenvalue weighted by molar-refractivity contribution is 0.0697. The summed E-state index contributed by atoms with van der Waals surface area (Å²) >= 11 is 0. The third-order valence-corrected chi connectivity index (χ3v) is 2.76. The molecule has 0 bridgehead atoms. The van der Waals surface area contributed by atoms with E-state index in [1.54, 1.807) is 0 Å². The Labute approximate surface area is 73.1 Å². The highest BCUT2D eigenvalue weighted by atomic mass is 32.2. The predicted molar refractivity (Wildman–Crippen MR) is 46.2 cm³/mol. The van der Waals surface area contributed by atoms with Crippen LogP contribution in [-0.4, -0.2) is 26.9 Å². The standard InChI is InChI=1S/C7H15NO3S/c8-12(9,10)6-5-11-7-3-1-2-4-7/h7H,1-6H2,(H2,8,9,10). The van der Waals surface area contributed by atoms with Crippen LogP contribution in [0.25, 0.3) is 0 Å². The average Bonchev–Trinajstić information content (AvgIpc) is 2.36. The summed E-state index contributed by atoms with van der Waals surface area (Å²) in [4.78, 5) is 0. The van der Waals surface area contributed by atoms with Gasteiger partial charge in [0.2, 0.25) is 10.0 Å². The Morgan fingerprint density at radius 3 is 2.42 bits per heavy atom. The minimum absolute atomic E-state index is 0.0660. The van der Waals surface area contributed by atoms with E-state index in [0.717, 1.165) is 12.8 Å². The molecule has 1 aliphatic carbocycles. The number of ether oxygens (including phenoxy) is 1. The molecule has 0 atom stereocenters. The maximum absolute atomic E-state index is 10.5. The molecule has 12 heavy (non-hydrogen) atoms. The van der Waals surface area contributed by atoms with Crippen LogP contribution in [0.3, 0.4) is 0 Å². The van der Waals surface area contributed by atoms with Gasteiger partial charge in [-0.15, -0.1) is 0 Å². The molecule has 1 aliphatic rings. The van der Waals surface area contributed by atoms with Gasteiger partial charge in [-0.3, -0.25) is 0 Å². The summed E-state index contributed by atoms with van der Waals surface area (Å²) in [5, 5.41) is 4.81. The quantitative estimate of drug-likeness (QED) is 0.695. The first-order valence-electron chi connectivity index (χ1n) is 4.20. The Kier molecular flexibility index (Phi) is 3.49. The smallest absolute Gasteiger partial charge is 0.211 e. The maximum Gasteiger partial charge on any atom is 0.211 e. The van der Waals surface area contributed by atoms with Crippen molar-refractivity contribution >= 4 is 10.0 Å². The van der Waals surface area contributed by atoms with Gasteiger partial charge in [0.15, 0.2) is 0 Å². The Hall–Kier alpha value is -0.130. The van der Waals surface area contributed by atoms with Crippen LogP contribution in [0.4, 0.5) is 0 Å². The summed E-state index contributed by atoms with van der Waals surface area (Å²) in [6.07, 6.45) is 4.78. The fraction of sp³-hybridized carbons (Fsp3) is 1.00. The van der Waals surface area contributed by atoms with Crippen LogP contribution in [0.15, 0.2) is 0 Å². The normalized spacial score (nSPS) is 20.1. The topological polar surface area (TPSA) is 69.4 Å². The van der Waals surface area contributed by atoms with E-state index in [1.165, 1.54) is 12.8 Å². The summed E-state index contributed by atoms with van der Waals surface area (Å²) in [7, 11) is -3.34. The number of sulfonamides is 1. The van der Waals surface area contributed by atoms with E-state index in [1.807, 2.05) is 0 Å². The van der Waals surface area contributed by atoms with Crippen LogP contribution in [0.5, 0.6) is 0 Å². The largest absolute Gasteiger partial charge is 0.377 e. The van der Waals surface area contributed by atoms with Crippen molar-refractivity contribution in [2.45, 2.75) is 31.8 Å². The van der Waals surface area contributed by atoms with E-state index < -0.39 is 10.0 Å². The molecule has 0 aliphatic heterocycles. The van der Waals surface area contributed by atoms with Crippen molar-refractivity contribution in [3.8, 4) is 0 Å². The second-order valence-electron chi connectivity index (χ2n) is 3.14. The first-order chi connectivity index (χ1) is 5.58. The van der Waals surface area contributed by atoms with Gasteiger partial charge in [-0.05, 0) is 12.8 Å². The zero-order chi connectivity index (χ0) is 9.03. The van der Waals surface area contributed by atoms with Gasteiger partial charge in [-0.2, -0.15) is 0 Å². The minimum Gasteiger partial charge on any atom is -0.377 e. The van der Waals surface area contributed by atoms with Gasteiger partial charge < -0.3 is 4.74 Å². The molecule has 1 saturated carbocycles. The van der Waals surface area contributed by atoms with Gasteiger partial charge in [0.1, 0.15) is 0 Å². The summed E-state index contributed by atoms with van der Waals surface area (Å²) in [6, 6.07) is 0. The summed E-state index contributed by atoms with van der Waals surface area (Å²) < 4.78 is 26.3. The van der Waals surface area contributed by atoms with Gasteiger partial charge in [0.05, 0.1) is 18.5 Å². The molecular weight excluding hydrogens is 178 g/mol. The van der Waals surface area contributed by atoms with Gasteiger partial charge >= 0.3 is 0 Å². The predicted octanol–water partition coefficient (Wildman–Crippen LogP) is 0.234. The summed E-state index contributed by atoms with van der Waals surface area (Å²) in [6.45, 7) is 0.240. The molecular formula is C7H15NO3S. The zero-order valence-corrected chi connectivity index (χ0v) is 7.85. The highest BCUT2D eigenvalue weighted by Crippen LogP contribution is 2.20. The number of primary sulfonamides is 1. The van der Waals surface area contributed by atoms with E-state index in [4.69, 9.17) is 9.88 Å².